The number of carbonyl (C=O) groups excluding carboxylic acids is 1. The van der Waals surface area contributed by atoms with Gasteiger partial charge in [-0.25, -0.2) is 0 Å². The lowest BCUT2D eigenvalue weighted by atomic mass is 10.1. The zero-order valence-corrected chi connectivity index (χ0v) is 19.9. The standard InChI is InChI=1S/C23H35N3O3S2/c27-22(24-13-7-16-25-14-4-1-5-15-25)11-3-2-10-21-12-17-30-23(31-21)19-8-6-9-20(18-19)26(28)29/h6,8-9,18,21,23H,1-5,7,10-17H2,(H,24,27). The Kier molecular flexibility index (Phi) is 10.5. The fourth-order valence-corrected chi connectivity index (χ4v) is 7.63. The van der Waals surface area contributed by atoms with Gasteiger partial charge in [0.15, 0.2) is 0 Å². The highest BCUT2D eigenvalue weighted by molar-refractivity contribution is 8.17. The smallest absolute Gasteiger partial charge is 0.269 e. The molecule has 2 atom stereocenters. The third-order valence-electron chi connectivity index (χ3n) is 5.98. The zero-order valence-electron chi connectivity index (χ0n) is 18.3. The Balaban J connectivity index is 1.27. The maximum absolute atomic E-state index is 12.1. The summed E-state index contributed by atoms with van der Waals surface area (Å²) in [5, 5.41) is 14.7. The lowest BCUT2D eigenvalue weighted by Gasteiger charge is -2.28. The van der Waals surface area contributed by atoms with Gasteiger partial charge in [0.2, 0.25) is 5.91 Å². The second-order valence-corrected chi connectivity index (χ2v) is 11.4. The first-order valence-corrected chi connectivity index (χ1v) is 13.6. The Hall–Kier alpha value is -1.25. The number of unbranched alkanes of at least 4 members (excludes halogenated alkanes) is 1. The molecule has 0 radical (unpaired) electrons. The quantitative estimate of drug-likeness (QED) is 0.268. The van der Waals surface area contributed by atoms with Crippen LogP contribution in [-0.4, -0.2) is 52.9 Å². The van der Waals surface area contributed by atoms with E-state index in [1.165, 1.54) is 38.8 Å². The van der Waals surface area contributed by atoms with Gasteiger partial charge in [0.25, 0.3) is 5.69 Å². The summed E-state index contributed by atoms with van der Waals surface area (Å²) >= 11 is 3.81. The highest BCUT2D eigenvalue weighted by atomic mass is 32.2. The van der Waals surface area contributed by atoms with E-state index in [0.717, 1.165) is 50.1 Å². The summed E-state index contributed by atoms with van der Waals surface area (Å²) in [6.07, 6.45) is 9.93. The number of amides is 1. The molecule has 3 rings (SSSR count). The van der Waals surface area contributed by atoms with E-state index in [-0.39, 0.29) is 21.1 Å². The van der Waals surface area contributed by atoms with Crippen molar-refractivity contribution in [2.24, 2.45) is 0 Å². The van der Waals surface area contributed by atoms with Crippen LogP contribution in [0.4, 0.5) is 5.69 Å². The molecule has 31 heavy (non-hydrogen) atoms. The average molecular weight is 466 g/mol. The molecule has 1 amide bonds. The fourth-order valence-electron chi connectivity index (χ4n) is 4.22. The highest BCUT2D eigenvalue weighted by Crippen LogP contribution is 2.48. The molecule has 0 saturated carbocycles. The molecule has 2 aliphatic heterocycles. The van der Waals surface area contributed by atoms with Gasteiger partial charge in [0, 0.05) is 30.3 Å². The van der Waals surface area contributed by atoms with Crippen molar-refractivity contribution in [1.82, 2.24) is 10.2 Å². The predicted octanol–water partition coefficient (Wildman–Crippen LogP) is 5.38. The molecule has 2 unspecified atom stereocenters. The van der Waals surface area contributed by atoms with Gasteiger partial charge in [0.05, 0.1) is 9.51 Å². The van der Waals surface area contributed by atoms with E-state index in [9.17, 15) is 14.9 Å². The maximum atomic E-state index is 12.1. The summed E-state index contributed by atoms with van der Waals surface area (Å²) in [7, 11) is 0. The molecular weight excluding hydrogens is 430 g/mol. The molecule has 0 bridgehead atoms. The molecule has 2 heterocycles. The number of nitro groups is 1. The maximum Gasteiger partial charge on any atom is 0.269 e. The van der Waals surface area contributed by atoms with Gasteiger partial charge < -0.3 is 10.2 Å². The summed E-state index contributed by atoms with van der Waals surface area (Å²) < 4.78 is 0.266. The number of hydrogen-bond acceptors (Lipinski definition) is 6. The monoisotopic (exact) mass is 465 g/mol. The molecule has 2 fully saturated rings. The summed E-state index contributed by atoms with van der Waals surface area (Å²) in [4.78, 5) is 25.3. The van der Waals surface area contributed by atoms with Crippen LogP contribution in [0.1, 0.15) is 67.9 Å². The molecule has 0 spiro atoms. The third-order valence-corrected chi connectivity index (χ3v) is 9.14. The summed E-state index contributed by atoms with van der Waals surface area (Å²) in [5.41, 5.74) is 1.21. The molecule has 6 nitrogen and oxygen atoms in total. The van der Waals surface area contributed by atoms with E-state index in [0.29, 0.717) is 11.7 Å². The van der Waals surface area contributed by atoms with Crippen molar-refractivity contribution in [1.29, 1.82) is 0 Å². The third kappa shape index (κ3) is 8.66. The van der Waals surface area contributed by atoms with Crippen LogP contribution in [0, 0.1) is 10.1 Å². The molecule has 0 aromatic heterocycles. The van der Waals surface area contributed by atoms with Crippen molar-refractivity contribution < 1.29 is 9.72 Å². The van der Waals surface area contributed by atoms with Gasteiger partial charge in [-0.15, -0.1) is 23.5 Å². The SMILES string of the molecule is O=C(CCCCC1CCSC(c2cccc([N+](=O)[O-])c2)S1)NCCCN1CCCCC1. The number of carbonyl (C=O) groups is 1. The molecule has 172 valence electrons. The van der Waals surface area contributed by atoms with Crippen LogP contribution in [-0.2, 0) is 4.79 Å². The van der Waals surface area contributed by atoms with E-state index in [1.54, 1.807) is 18.2 Å². The van der Waals surface area contributed by atoms with Crippen LogP contribution >= 0.6 is 23.5 Å². The number of nitrogens with zero attached hydrogens (tertiary/aromatic N) is 2. The Labute approximate surface area is 194 Å². The lowest BCUT2D eigenvalue weighted by molar-refractivity contribution is -0.384. The van der Waals surface area contributed by atoms with E-state index < -0.39 is 0 Å². The van der Waals surface area contributed by atoms with Gasteiger partial charge in [-0.3, -0.25) is 14.9 Å². The Morgan fingerprint density at radius 1 is 1.19 bits per heavy atom. The number of nitrogens with one attached hydrogen (secondary N) is 1. The fraction of sp³-hybridized carbons (Fsp3) is 0.696. The van der Waals surface area contributed by atoms with Gasteiger partial charge in [0.1, 0.15) is 0 Å². The van der Waals surface area contributed by atoms with Gasteiger partial charge in [-0.2, -0.15) is 0 Å². The van der Waals surface area contributed by atoms with Crippen molar-refractivity contribution in [2.45, 2.75) is 67.6 Å². The van der Waals surface area contributed by atoms with Crippen LogP contribution in [0.3, 0.4) is 0 Å². The van der Waals surface area contributed by atoms with Gasteiger partial charge in [-0.05, 0) is 69.5 Å². The van der Waals surface area contributed by atoms with Crippen LogP contribution in [0.2, 0.25) is 0 Å². The van der Waals surface area contributed by atoms with Crippen molar-refractivity contribution in [2.75, 3.05) is 31.9 Å². The largest absolute Gasteiger partial charge is 0.356 e. The zero-order chi connectivity index (χ0) is 21.9. The second-order valence-electron chi connectivity index (χ2n) is 8.45. The minimum atomic E-state index is -0.322. The molecule has 2 saturated heterocycles. The minimum Gasteiger partial charge on any atom is -0.356 e. The topological polar surface area (TPSA) is 75.5 Å². The van der Waals surface area contributed by atoms with Gasteiger partial charge >= 0.3 is 0 Å². The number of nitro benzene ring substituents is 1. The molecule has 0 aliphatic carbocycles. The van der Waals surface area contributed by atoms with E-state index in [4.69, 9.17) is 0 Å². The molecule has 1 N–H and O–H groups in total. The van der Waals surface area contributed by atoms with Crippen LogP contribution in [0.25, 0.3) is 0 Å². The molecule has 1 aromatic carbocycles. The highest BCUT2D eigenvalue weighted by Gasteiger charge is 2.25. The Morgan fingerprint density at radius 2 is 2.03 bits per heavy atom. The van der Waals surface area contributed by atoms with Crippen molar-refractivity contribution in [3.8, 4) is 0 Å². The van der Waals surface area contributed by atoms with Crippen molar-refractivity contribution in [3.05, 3.63) is 39.9 Å². The first kappa shape index (κ1) is 24.4. The second kappa shape index (κ2) is 13.3. The number of hydrogen-bond donors (Lipinski definition) is 1. The molecule has 8 heteroatoms. The van der Waals surface area contributed by atoms with Gasteiger partial charge in [-0.1, -0.05) is 25.0 Å². The summed E-state index contributed by atoms with van der Waals surface area (Å²) in [6.45, 7) is 4.32. The van der Waals surface area contributed by atoms with Crippen molar-refractivity contribution in [3.63, 3.8) is 0 Å². The number of benzene rings is 1. The number of thioether (sulfide) groups is 2. The lowest BCUT2D eigenvalue weighted by Crippen LogP contribution is -2.33. The number of piperidine rings is 1. The Bertz CT molecular complexity index is 713. The normalized spacial score (nSPS) is 22.2. The van der Waals surface area contributed by atoms with Crippen LogP contribution in [0.15, 0.2) is 24.3 Å². The average Bonchev–Trinajstić information content (AvgIpc) is 2.80. The minimum absolute atomic E-state index is 0.169. The molecular formula is C23H35N3O3S2. The summed E-state index contributed by atoms with van der Waals surface area (Å²) in [6, 6.07) is 7.04. The molecule has 2 aliphatic rings. The molecule has 1 aromatic rings. The summed E-state index contributed by atoms with van der Waals surface area (Å²) in [5.74, 6) is 1.27. The van der Waals surface area contributed by atoms with E-state index >= 15 is 0 Å². The van der Waals surface area contributed by atoms with Crippen LogP contribution in [0.5, 0.6) is 0 Å². The van der Waals surface area contributed by atoms with E-state index in [2.05, 4.69) is 10.2 Å². The first-order valence-electron chi connectivity index (χ1n) is 11.6. The van der Waals surface area contributed by atoms with Crippen LogP contribution < -0.4 is 5.32 Å². The predicted molar refractivity (Wildman–Crippen MR) is 131 cm³/mol. The first-order chi connectivity index (χ1) is 15.1. The van der Waals surface area contributed by atoms with Crippen molar-refractivity contribution >= 4 is 35.1 Å². The number of non-ortho nitro benzene ring substituents is 1. The number of likely N-dealkylation sites (tertiary alicyclic amines) is 1. The Morgan fingerprint density at radius 3 is 2.84 bits per heavy atom. The number of rotatable bonds is 11. The van der Waals surface area contributed by atoms with E-state index in [1.807, 2.05) is 29.6 Å².